The highest BCUT2D eigenvalue weighted by Gasteiger charge is 2.50. The van der Waals surface area contributed by atoms with Gasteiger partial charge >= 0.3 is 6.09 Å². The fraction of sp³-hybridized carbons (Fsp3) is 0.559. The third kappa shape index (κ3) is 7.64. The van der Waals surface area contributed by atoms with E-state index < -0.39 is 47.3 Å². The first-order valence-corrected chi connectivity index (χ1v) is 16.8. The van der Waals surface area contributed by atoms with Gasteiger partial charge in [-0.25, -0.2) is 4.79 Å². The van der Waals surface area contributed by atoms with Gasteiger partial charge in [-0.15, -0.1) is 11.8 Å². The Labute approximate surface area is 279 Å². The van der Waals surface area contributed by atoms with Crippen LogP contribution in [0.2, 0.25) is 0 Å². The smallest absolute Gasteiger partial charge is 0.407 e. The van der Waals surface area contributed by atoms with Crippen LogP contribution in [0.5, 0.6) is 11.5 Å². The molecule has 2 aromatic rings. The molecule has 0 bridgehead atoms. The van der Waals surface area contributed by atoms with Crippen LogP contribution in [0, 0.1) is 19.8 Å². The molecule has 0 radical (unpaired) electrons. The number of nitrogens with zero attached hydrogens (tertiary/aromatic N) is 1. The number of amides is 3. The summed E-state index contributed by atoms with van der Waals surface area (Å²) in [5.74, 6) is 0.0954. The molecule has 0 saturated carbocycles. The van der Waals surface area contributed by atoms with Crippen LogP contribution in [0.15, 0.2) is 36.4 Å². The number of alkyl carbamates (subject to hydrolysis) is 1. The summed E-state index contributed by atoms with van der Waals surface area (Å²) < 4.78 is 27.0. The van der Waals surface area contributed by atoms with Crippen molar-refractivity contribution in [3.63, 3.8) is 0 Å². The Bertz CT molecular complexity index is 1450. The summed E-state index contributed by atoms with van der Waals surface area (Å²) in [4.78, 5) is 42.4. The summed E-state index contributed by atoms with van der Waals surface area (Å²) in [6.07, 6.45) is -2.64. The molecule has 3 saturated heterocycles. The fourth-order valence-electron chi connectivity index (χ4n) is 6.53. The molecule has 3 amide bonds. The summed E-state index contributed by atoms with van der Waals surface area (Å²) in [5, 5.41) is 17.4. The van der Waals surface area contributed by atoms with E-state index in [4.69, 9.17) is 23.7 Å². The van der Waals surface area contributed by atoms with E-state index in [2.05, 4.69) is 10.6 Å². The van der Waals surface area contributed by atoms with Gasteiger partial charge in [-0.3, -0.25) is 9.59 Å². The number of hydrogen-bond donors (Lipinski definition) is 3. The molecular weight excluding hydrogens is 626 g/mol. The third-order valence-electron chi connectivity index (χ3n) is 9.25. The van der Waals surface area contributed by atoms with Crippen molar-refractivity contribution in [1.29, 1.82) is 0 Å². The highest BCUT2D eigenvalue weighted by Crippen LogP contribution is 2.40. The largest absolute Gasteiger partial charge is 0.493 e. The summed E-state index contributed by atoms with van der Waals surface area (Å²) in [7, 11) is 3.03. The second-order valence-electron chi connectivity index (χ2n) is 12.7. The molecule has 3 fully saturated rings. The highest BCUT2D eigenvalue weighted by molar-refractivity contribution is 8.00. The Kier molecular flexibility index (Phi) is 10.9. The highest BCUT2D eigenvalue weighted by atomic mass is 32.2. The van der Waals surface area contributed by atoms with Crippen LogP contribution in [0.1, 0.15) is 42.5 Å². The molecule has 0 spiro atoms. The lowest BCUT2D eigenvalue weighted by atomic mass is 9.96. The van der Waals surface area contributed by atoms with Crippen LogP contribution >= 0.6 is 11.8 Å². The molecule has 0 aromatic heterocycles. The average molecular weight is 672 g/mol. The predicted molar refractivity (Wildman–Crippen MR) is 175 cm³/mol. The van der Waals surface area contributed by atoms with Crippen molar-refractivity contribution in [2.24, 2.45) is 5.92 Å². The van der Waals surface area contributed by atoms with Crippen molar-refractivity contribution in [3.05, 3.63) is 58.7 Å². The number of carbonyl (C=O) groups is 3. The SMILES string of the molecule is COc1ccc(C[C@H](NC(=O)O[C@@H]2CO[C@@H]3OCC[C@@H]32)[C@H](O)C(=O)N2CSC(C)(C)[C@H]2C(=O)NCc2c(C)cccc2C)cc1OC. The summed E-state index contributed by atoms with van der Waals surface area (Å²) in [6.45, 7) is 8.82. The minimum absolute atomic E-state index is 0.0620. The van der Waals surface area contributed by atoms with Crippen LogP contribution in [-0.2, 0) is 36.8 Å². The normalized spacial score (nSPS) is 24.3. The second kappa shape index (κ2) is 14.7. The Morgan fingerprint density at radius 1 is 1.09 bits per heavy atom. The molecule has 3 aliphatic heterocycles. The van der Waals surface area contributed by atoms with E-state index in [0.29, 0.717) is 36.6 Å². The molecule has 2 aromatic carbocycles. The number of carbonyl (C=O) groups excluding carboxylic acids is 3. The lowest BCUT2D eigenvalue weighted by Crippen LogP contribution is -2.58. The standard InChI is InChI=1S/C34H45N3O9S/c1-19-8-7-9-20(2)23(19)16-35-30(39)29-34(3,4)47-18-37(29)31(40)28(38)24(14-21-10-11-25(42-5)26(15-21)43-6)36-33(41)46-27-17-45-32-22(27)12-13-44-32/h7-11,15,22,24,27-29,32,38H,12-14,16-18H2,1-6H3,(H,35,39)(H,36,41)/t22-,24+,27-,28+,29-,32+/m1/s1. The fourth-order valence-corrected chi connectivity index (χ4v) is 7.67. The van der Waals surface area contributed by atoms with Gasteiger partial charge in [0.15, 0.2) is 23.9 Å². The summed E-state index contributed by atoms with van der Waals surface area (Å²) in [6, 6.07) is 9.20. The molecule has 47 heavy (non-hydrogen) atoms. The van der Waals surface area contributed by atoms with E-state index in [0.717, 1.165) is 16.7 Å². The number of rotatable bonds is 11. The van der Waals surface area contributed by atoms with Crippen molar-refractivity contribution >= 4 is 29.7 Å². The van der Waals surface area contributed by atoms with Crippen LogP contribution < -0.4 is 20.1 Å². The summed E-state index contributed by atoms with van der Waals surface area (Å²) in [5.41, 5.74) is 3.81. The number of nitrogens with one attached hydrogen (secondary N) is 2. The Balaban J connectivity index is 1.34. The molecule has 5 rings (SSSR count). The third-order valence-corrected chi connectivity index (χ3v) is 10.6. The minimum atomic E-state index is -1.69. The maximum absolute atomic E-state index is 14.1. The van der Waals surface area contributed by atoms with Gasteiger partial charge in [0, 0.05) is 11.3 Å². The van der Waals surface area contributed by atoms with Crippen LogP contribution in [0.4, 0.5) is 4.79 Å². The van der Waals surface area contributed by atoms with Gasteiger partial charge in [0.25, 0.3) is 5.91 Å². The number of aliphatic hydroxyl groups excluding tert-OH is 1. The number of methoxy groups -OCH3 is 2. The number of ether oxygens (including phenoxy) is 5. The second-order valence-corrected chi connectivity index (χ2v) is 14.3. The van der Waals surface area contributed by atoms with Gasteiger partial charge in [-0.05, 0) is 74.9 Å². The predicted octanol–water partition coefficient (Wildman–Crippen LogP) is 3.08. The Hall–Kier alpha value is -3.52. The number of fused-ring (bicyclic) bond motifs is 1. The molecule has 12 nitrogen and oxygen atoms in total. The molecule has 3 aliphatic rings. The van der Waals surface area contributed by atoms with Gasteiger partial charge < -0.3 is 44.3 Å². The van der Waals surface area contributed by atoms with E-state index in [9.17, 15) is 19.5 Å². The zero-order chi connectivity index (χ0) is 33.9. The number of aliphatic hydroxyl groups is 1. The molecule has 0 aliphatic carbocycles. The number of hydrogen-bond acceptors (Lipinski definition) is 10. The van der Waals surface area contributed by atoms with E-state index >= 15 is 0 Å². The van der Waals surface area contributed by atoms with Gasteiger partial charge in [0.05, 0.1) is 45.3 Å². The lowest BCUT2D eigenvalue weighted by Gasteiger charge is -2.33. The van der Waals surface area contributed by atoms with E-state index in [-0.39, 0.29) is 30.7 Å². The molecule has 0 unspecified atom stereocenters. The lowest BCUT2D eigenvalue weighted by molar-refractivity contribution is -0.147. The summed E-state index contributed by atoms with van der Waals surface area (Å²) >= 11 is 1.45. The molecular formula is C34H45N3O9S. The number of thioether (sulfide) groups is 1. The first kappa shape index (κ1) is 34.8. The molecule has 13 heteroatoms. The number of benzene rings is 2. The van der Waals surface area contributed by atoms with Crippen LogP contribution in [-0.4, -0.2) is 96.6 Å². The van der Waals surface area contributed by atoms with Crippen molar-refractivity contribution in [2.45, 2.75) is 82.4 Å². The minimum Gasteiger partial charge on any atom is -0.493 e. The molecule has 256 valence electrons. The Morgan fingerprint density at radius 2 is 1.81 bits per heavy atom. The average Bonchev–Trinajstić information content (AvgIpc) is 3.75. The maximum Gasteiger partial charge on any atom is 0.407 e. The van der Waals surface area contributed by atoms with Gasteiger partial charge in [-0.1, -0.05) is 24.3 Å². The zero-order valence-corrected chi connectivity index (χ0v) is 28.6. The molecule has 3 heterocycles. The first-order valence-electron chi connectivity index (χ1n) is 15.8. The monoisotopic (exact) mass is 671 g/mol. The van der Waals surface area contributed by atoms with Crippen molar-refractivity contribution in [1.82, 2.24) is 15.5 Å². The van der Waals surface area contributed by atoms with Crippen LogP contribution in [0.3, 0.4) is 0 Å². The van der Waals surface area contributed by atoms with Crippen molar-refractivity contribution in [2.75, 3.05) is 33.3 Å². The van der Waals surface area contributed by atoms with Crippen LogP contribution in [0.25, 0.3) is 0 Å². The van der Waals surface area contributed by atoms with Gasteiger partial charge in [0.1, 0.15) is 12.1 Å². The Morgan fingerprint density at radius 3 is 2.51 bits per heavy atom. The first-order chi connectivity index (χ1) is 22.4. The molecule has 3 N–H and O–H groups in total. The van der Waals surface area contributed by atoms with E-state index in [1.807, 2.05) is 45.9 Å². The van der Waals surface area contributed by atoms with Crippen molar-refractivity contribution < 1.29 is 43.2 Å². The van der Waals surface area contributed by atoms with Gasteiger partial charge in [-0.2, -0.15) is 0 Å². The van der Waals surface area contributed by atoms with Crippen molar-refractivity contribution in [3.8, 4) is 11.5 Å². The topological polar surface area (TPSA) is 145 Å². The van der Waals surface area contributed by atoms with Gasteiger partial charge in [0.2, 0.25) is 5.91 Å². The molecule has 6 atom stereocenters. The van der Waals surface area contributed by atoms with E-state index in [1.165, 1.54) is 30.9 Å². The quantitative estimate of drug-likeness (QED) is 0.326. The zero-order valence-electron chi connectivity index (χ0n) is 27.7. The van der Waals surface area contributed by atoms with E-state index in [1.54, 1.807) is 18.2 Å². The number of aryl methyl sites for hydroxylation is 2. The maximum atomic E-state index is 14.1.